The Bertz CT molecular complexity index is 581. The number of amides is 3. The van der Waals surface area contributed by atoms with Crippen molar-refractivity contribution in [1.29, 1.82) is 0 Å². The Balaban J connectivity index is 1.80. The highest BCUT2D eigenvalue weighted by molar-refractivity contribution is 6.01. The number of hydrogen-bond acceptors (Lipinski definition) is 5. The summed E-state index contributed by atoms with van der Waals surface area (Å²) in [6.07, 6.45) is 2.53. The maximum absolute atomic E-state index is 11.5. The monoisotopic (exact) mass is 336 g/mol. The summed E-state index contributed by atoms with van der Waals surface area (Å²) >= 11 is 0. The predicted molar refractivity (Wildman–Crippen MR) is 88.5 cm³/mol. The Morgan fingerprint density at radius 1 is 1.33 bits per heavy atom. The summed E-state index contributed by atoms with van der Waals surface area (Å²) in [6, 6.07) is -0.344. The van der Waals surface area contributed by atoms with Crippen LogP contribution in [0.4, 0.5) is 4.79 Å². The first-order valence-electron chi connectivity index (χ1n) is 8.12. The molecule has 0 aliphatic carbocycles. The van der Waals surface area contributed by atoms with Gasteiger partial charge in [0.05, 0.1) is 13.1 Å². The molecular formula is C14H24N8O2. The van der Waals surface area contributed by atoms with E-state index < -0.39 is 0 Å². The number of aliphatic imine (C=N–C) groups is 1. The number of rotatable bonds is 8. The Morgan fingerprint density at radius 3 is 2.83 bits per heavy atom. The van der Waals surface area contributed by atoms with Gasteiger partial charge in [-0.1, -0.05) is 6.92 Å². The van der Waals surface area contributed by atoms with E-state index in [1.807, 2.05) is 18.4 Å². The van der Waals surface area contributed by atoms with E-state index in [0.29, 0.717) is 32.1 Å². The number of carbonyl (C=O) groups is 2. The number of hydrogen-bond donors (Lipinski definition) is 3. The molecule has 3 N–H and O–H groups in total. The normalized spacial score (nSPS) is 14.9. The van der Waals surface area contributed by atoms with E-state index >= 15 is 0 Å². The molecular weight excluding hydrogens is 312 g/mol. The molecule has 0 unspecified atom stereocenters. The Morgan fingerprint density at radius 2 is 2.17 bits per heavy atom. The minimum absolute atomic E-state index is 0.0751. The summed E-state index contributed by atoms with van der Waals surface area (Å²) in [6.45, 7) is 6.82. The second kappa shape index (κ2) is 8.85. The third kappa shape index (κ3) is 4.67. The number of urea groups is 1. The van der Waals surface area contributed by atoms with Crippen LogP contribution in [0.3, 0.4) is 0 Å². The van der Waals surface area contributed by atoms with E-state index in [9.17, 15) is 9.59 Å². The first-order chi connectivity index (χ1) is 11.7. The van der Waals surface area contributed by atoms with Crippen molar-refractivity contribution in [3.05, 3.63) is 12.2 Å². The van der Waals surface area contributed by atoms with Crippen molar-refractivity contribution in [2.45, 2.75) is 26.8 Å². The average Bonchev–Trinajstić information content (AvgIpc) is 3.15. The zero-order chi connectivity index (χ0) is 17.4. The molecule has 2 heterocycles. The zero-order valence-electron chi connectivity index (χ0n) is 14.1. The van der Waals surface area contributed by atoms with Crippen molar-refractivity contribution >= 4 is 17.9 Å². The van der Waals surface area contributed by atoms with Gasteiger partial charge in [0, 0.05) is 32.6 Å². The number of aryl methyl sites for hydroxylation is 1. The maximum Gasteiger partial charge on any atom is 0.324 e. The summed E-state index contributed by atoms with van der Waals surface area (Å²) in [5, 5.41) is 16.7. The Kier molecular flexibility index (Phi) is 6.52. The summed E-state index contributed by atoms with van der Waals surface area (Å²) in [7, 11) is 0. The van der Waals surface area contributed by atoms with Crippen LogP contribution in [-0.4, -0.2) is 70.3 Å². The van der Waals surface area contributed by atoms with E-state index in [1.165, 1.54) is 4.90 Å². The zero-order valence-corrected chi connectivity index (χ0v) is 14.1. The van der Waals surface area contributed by atoms with Crippen LogP contribution in [0.5, 0.6) is 0 Å². The lowest BCUT2D eigenvalue weighted by Crippen LogP contribution is -2.43. The van der Waals surface area contributed by atoms with E-state index in [0.717, 1.165) is 18.8 Å². The van der Waals surface area contributed by atoms with E-state index in [1.54, 1.807) is 6.33 Å². The van der Waals surface area contributed by atoms with Gasteiger partial charge in [0.2, 0.25) is 5.91 Å². The van der Waals surface area contributed by atoms with Crippen LogP contribution in [0, 0.1) is 0 Å². The van der Waals surface area contributed by atoms with Gasteiger partial charge in [-0.3, -0.25) is 14.7 Å². The van der Waals surface area contributed by atoms with Gasteiger partial charge in [0.15, 0.2) is 5.96 Å². The van der Waals surface area contributed by atoms with Gasteiger partial charge in [-0.25, -0.2) is 4.79 Å². The van der Waals surface area contributed by atoms with Crippen molar-refractivity contribution in [3.8, 4) is 0 Å². The predicted octanol–water partition coefficient (Wildman–Crippen LogP) is -1.05. The smallest absolute Gasteiger partial charge is 0.324 e. The summed E-state index contributed by atoms with van der Waals surface area (Å²) in [5.41, 5.74) is 0. The number of carbonyl (C=O) groups excluding carboxylic acids is 2. The first-order valence-corrected chi connectivity index (χ1v) is 8.12. The fraction of sp³-hybridized carbons (Fsp3) is 0.643. The number of guanidine groups is 1. The molecule has 1 aliphatic heterocycles. The van der Waals surface area contributed by atoms with Crippen LogP contribution < -0.4 is 16.0 Å². The summed E-state index contributed by atoms with van der Waals surface area (Å²) < 4.78 is 1.97. The van der Waals surface area contributed by atoms with Crippen molar-refractivity contribution in [1.82, 2.24) is 35.6 Å². The van der Waals surface area contributed by atoms with E-state index in [2.05, 4.69) is 31.1 Å². The first kappa shape index (κ1) is 17.7. The highest BCUT2D eigenvalue weighted by Gasteiger charge is 2.27. The lowest BCUT2D eigenvalue weighted by Gasteiger charge is -2.15. The van der Waals surface area contributed by atoms with Gasteiger partial charge in [-0.15, -0.1) is 10.2 Å². The molecule has 0 atom stereocenters. The number of aromatic nitrogens is 3. The lowest BCUT2D eigenvalue weighted by atomic mass is 10.4. The molecule has 2 rings (SSSR count). The van der Waals surface area contributed by atoms with Crippen LogP contribution in [-0.2, 0) is 17.8 Å². The largest absolute Gasteiger partial charge is 0.357 e. The second-order valence-electron chi connectivity index (χ2n) is 5.19. The molecule has 0 radical (unpaired) electrons. The standard InChI is InChI=1S/C14H24N8O2/c1-3-11-20-19-10-21(11)7-5-16-13(15-4-2)17-6-8-22-12(23)9-18-14(22)24/h10H,3-9H2,1-2H3,(H,18,24)(H2,15,16,17). The fourth-order valence-corrected chi connectivity index (χ4v) is 2.32. The van der Waals surface area contributed by atoms with Crippen LogP contribution in [0.25, 0.3) is 0 Å². The van der Waals surface area contributed by atoms with E-state index in [4.69, 9.17) is 0 Å². The van der Waals surface area contributed by atoms with Crippen molar-refractivity contribution in [2.75, 3.05) is 32.7 Å². The van der Waals surface area contributed by atoms with Crippen molar-refractivity contribution in [3.63, 3.8) is 0 Å². The summed E-state index contributed by atoms with van der Waals surface area (Å²) in [5.74, 6) is 1.38. The van der Waals surface area contributed by atoms with Gasteiger partial charge in [0.25, 0.3) is 0 Å². The molecule has 0 spiro atoms. The van der Waals surface area contributed by atoms with Crippen LogP contribution >= 0.6 is 0 Å². The fourth-order valence-electron chi connectivity index (χ4n) is 2.32. The maximum atomic E-state index is 11.5. The van der Waals surface area contributed by atoms with Gasteiger partial charge in [-0.05, 0) is 6.92 Å². The average molecular weight is 336 g/mol. The number of nitrogens with zero attached hydrogens (tertiary/aromatic N) is 5. The van der Waals surface area contributed by atoms with Gasteiger partial charge >= 0.3 is 6.03 Å². The van der Waals surface area contributed by atoms with Gasteiger partial charge < -0.3 is 20.5 Å². The Labute approximate surface area is 140 Å². The quantitative estimate of drug-likeness (QED) is 0.317. The second-order valence-corrected chi connectivity index (χ2v) is 5.19. The lowest BCUT2D eigenvalue weighted by molar-refractivity contribution is -0.124. The van der Waals surface area contributed by atoms with E-state index in [-0.39, 0.29) is 18.5 Å². The molecule has 1 aromatic rings. The highest BCUT2D eigenvalue weighted by Crippen LogP contribution is 1.97. The molecule has 10 heteroatoms. The van der Waals surface area contributed by atoms with Crippen LogP contribution in [0.2, 0.25) is 0 Å². The minimum Gasteiger partial charge on any atom is -0.357 e. The molecule has 132 valence electrons. The molecule has 10 nitrogen and oxygen atoms in total. The third-order valence-electron chi connectivity index (χ3n) is 3.53. The highest BCUT2D eigenvalue weighted by atomic mass is 16.2. The van der Waals surface area contributed by atoms with Crippen LogP contribution in [0.1, 0.15) is 19.7 Å². The molecule has 0 saturated carbocycles. The van der Waals surface area contributed by atoms with Gasteiger partial charge in [-0.2, -0.15) is 0 Å². The molecule has 0 bridgehead atoms. The van der Waals surface area contributed by atoms with Crippen molar-refractivity contribution in [2.24, 2.45) is 4.99 Å². The molecule has 0 aromatic carbocycles. The molecule has 1 aromatic heterocycles. The SMILES string of the molecule is CCNC(=NCCn1cnnc1CC)NCCN1C(=O)CNC1=O. The topological polar surface area (TPSA) is 117 Å². The Hall–Kier alpha value is -2.65. The minimum atomic E-state index is -0.344. The molecule has 1 saturated heterocycles. The molecule has 1 fully saturated rings. The number of nitrogens with one attached hydrogen (secondary N) is 3. The molecule has 3 amide bonds. The summed E-state index contributed by atoms with van der Waals surface area (Å²) in [4.78, 5) is 28.6. The van der Waals surface area contributed by atoms with Crippen molar-refractivity contribution < 1.29 is 9.59 Å². The third-order valence-corrected chi connectivity index (χ3v) is 3.53. The molecule has 24 heavy (non-hydrogen) atoms. The number of imide groups is 1. The van der Waals surface area contributed by atoms with Gasteiger partial charge in [0.1, 0.15) is 12.2 Å². The molecule has 1 aliphatic rings. The van der Waals surface area contributed by atoms with Crippen LogP contribution in [0.15, 0.2) is 11.3 Å².